The molecule has 0 saturated heterocycles. The molecule has 0 aliphatic carbocycles. The van der Waals surface area contributed by atoms with Crippen LogP contribution in [0.5, 0.6) is 11.8 Å². The largest absolute Gasteiger partial charge is 0.476 e. The standard InChI is InChI=1S/C25H22N6O6/c1-15-4-6-17(7-5-15)13-31-22(29-23(34)30(25(31)35)11-3-10-26)27-18-8-9-20(16(2)12-18)37-24-28-19(14-36-24)21(32)33/h4-9,12,14H,3,11,13H2,1-2H3,(H,32,33)(H,27,29,34). The van der Waals surface area contributed by atoms with Crippen LogP contribution in [0.2, 0.25) is 0 Å². The molecule has 0 bridgehead atoms. The SMILES string of the molecule is Cc1ccc(Cn2c(Nc3ccc(Oc4nc(C(=O)O)co4)c(C)c3)nc(=O)n(CCC#N)c2=O)cc1. The van der Waals surface area contributed by atoms with Crippen molar-refractivity contribution >= 4 is 17.6 Å². The second-order valence-corrected chi connectivity index (χ2v) is 8.14. The minimum atomic E-state index is -1.24. The van der Waals surface area contributed by atoms with Gasteiger partial charge in [0.25, 0.3) is 0 Å². The number of carboxylic acid groups (broad SMARTS) is 1. The molecule has 0 unspecified atom stereocenters. The number of oxazole rings is 1. The number of hydrogen-bond acceptors (Lipinski definition) is 9. The van der Waals surface area contributed by atoms with Gasteiger partial charge in [-0.2, -0.15) is 15.2 Å². The summed E-state index contributed by atoms with van der Waals surface area (Å²) in [5.41, 5.74) is 1.40. The second kappa shape index (κ2) is 10.6. The van der Waals surface area contributed by atoms with Gasteiger partial charge in [0.05, 0.1) is 19.0 Å². The molecule has 0 atom stereocenters. The van der Waals surface area contributed by atoms with Crippen LogP contribution < -0.4 is 21.4 Å². The predicted molar refractivity (Wildman–Crippen MR) is 131 cm³/mol. The molecular weight excluding hydrogens is 480 g/mol. The van der Waals surface area contributed by atoms with Crippen molar-refractivity contribution in [2.24, 2.45) is 0 Å². The Morgan fingerprint density at radius 1 is 1.14 bits per heavy atom. The highest BCUT2D eigenvalue weighted by Gasteiger charge is 2.16. The number of nitriles is 1. The monoisotopic (exact) mass is 502 g/mol. The second-order valence-electron chi connectivity index (χ2n) is 8.14. The fourth-order valence-corrected chi connectivity index (χ4v) is 3.46. The minimum absolute atomic E-state index is 0.00667. The fraction of sp³-hybridized carbons (Fsp3) is 0.200. The Kier molecular flexibility index (Phi) is 7.15. The summed E-state index contributed by atoms with van der Waals surface area (Å²) in [7, 11) is 0. The van der Waals surface area contributed by atoms with E-state index in [0.29, 0.717) is 17.0 Å². The van der Waals surface area contributed by atoms with E-state index in [-0.39, 0.29) is 37.2 Å². The molecule has 0 amide bonds. The molecule has 0 aliphatic rings. The number of benzene rings is 2. The van der Waals surface area contributed by atoms with Gasteiger partial charge in [-0.05, 0) is 43.2 Å². The average Bonchev–Trinajstić information content (AvgIpc) is 3.33. The maximum Gasteiger partial charge on any atom is 0.399 e. The summed E-state index contributed by atoms with van der Waals surface area (Å²) in [5.74, 6) is -0.842. The van der Waals surface area contributed by atoms with E-state index in [1.165, 1.54) is 4.57 Å². The summed E-state index contributed by atoms with van der Waals surface area (Å²) in [6, 6.07) is 14.5. The van der Waals surface area contributed by atoms with Gasteiger partial charge in [-0.25, -0.2) is 19.0 Å². The van der Waals surface area contributed by atoms with E-state index in [9.17, 15) is 14.4 Å². The number of carboxylic acids is 1. The Hall–Kier alpha value is -5.18. The van der Waals surface area contributed by atoms with E-state index in [0.717, 1.165) is 22.0 Å². The summed E-state index contributed by atoms with van der Waals surface area (Å²) in [6.45, 7) is 3.78. The molecule has 0 saturated carbocycles. The molecule has 0 aliphatic heterocycles. The summed E-state index contributed by atoms with van der Waals surface area (Å²) >= 11 is 0. The van der Waals surface area contributed by atoms with Gasteiger partial charge in [0.2, 0.25) is 5.95 Å². The van der Waals surface area contributed by atoms with Gasteiger partial charge in [-0.1, -0.05) is 29.8 Å². The number of nitrogens with one attached hydrogen (secondary N) is 1. The van der Waals surface area contributed by atoms with Crippen LogP contribution in [-0.4, -0.2) is 30.2 Å². The number of rotatable bonds is 9. The first-order valence-corrected chi connectivity index (χ1v) is 11.1. The highest BCUT2D eigenvalue weighted by Crippen LogP contribution is 2.28. The van der Waals surface area contributed by atoms with Crippen molar-refractivity contribution in [3.63, 3.8) is 0 Å². The fourth-order valence-electron chi connectivity index (χ4n) is 3.46. The van der Waals surface area contributed by atoms with Gasteiger partial charge in [-0.3, -0.25) is 4.57 Å². The average molecular weight is 502 g/mol. The molecule has 4 aromatic rings. The van der Waals surface area contributed by atoms with E-state index in [1.54, 1.807) is 25.1 Å². The molecule has 2 heterocycles. The number of nitrogens with zero attached hydrogens (tertiary/aromatic N) is 5. The lowest BCUT2D eigenvalue weighted by Crippen LogP contribution is -2.42. The van der Waals surface area contributed by atoms with Gasteiger partial charge in [0.1, 0.15) is 12.0 Å². The number of aromatic nitrogens is 4. The predicted octanol–water partition coefficient (Wildman–Crippen LogP) is 3.21. The third-order valence-corrected chi connectivity index (χ3v) is 5.39. The third-order valence-electron chi connectivity index (χ3n) is 5.39. The van der Waals surface area contributed by atoms with Crippen LogP contribution in [0.1, 0.15) is 33.6 Å². The number of aryl methyl sites for hydroxylation is 2. The molecule has 0 spiro atoms. The van der Waals surface area contributed by atoms with Gasteiger partial charge in [0, 0.05) is 12.2 Å². The van der Waals surface area contributed by atoms with Crippen molar-refractivity contribution < 1.29 is 19.1 Å². The molecule has 0 radical (unpaired) electrons. The Morgan fingerprint density at radius 2 is 1.89 bits per heavy atom. The summed E-state index contributed by atoms with van der Waals surface area (Å²) in [5, 5.41) is 20.9. The number of carbonyl (C=O) groups is 1. The highest BCUT2D eigenvalue weighted by molar-refractivity contribution is 5.84. The topological polar surface area (TPSA) is 165 Å². The normalized spacial score (nSPS) is 10.6. The van der Waals surface area contributed by atoms with Crippen LogP contribution in [-0.2, 0) is 13.1 Å². The Balaban J connectivity index is 1.65. The zero-order valence-electron chi connectivity index (χ0n) is 20.0. The Bertz CT molecular complexity index is 1610. The van der Waals surface area contributed by atoms with Crippen LogP contribution in [0.3, 0.4) is 0 Å². The van der Waals surface area contributed by atoms with E-state index < -0.39 is 17.3 Å². The number of anilines is 2. The van der Waals surface area contributed by atoms with Crippen LogP contribution >= 0.6 is 0 Å². The van der Waals surface area contributed by atoms with E-state index in [2.05, 4.69) is 15.3 Å². The van der Waals surface area contributed by atoms with Crippen molar-refractivity contribution in [2.75, 3.05) is 5.32 Å². The van der Waals surface area contributed by atoms with Crippen LogP contribution in [0, 0.1) is 25.2 Å². The van der Waals surface area contributed by atoms with Gasteiger partial charge in [-0.15, -0.1) is 0 Å². The van der Waals surface area contributed by atoms with Crippen LogP contribution in [0.25, 0.3) is 0 Å². The molecule has 2 aromatic carbocycles. The first-order valence-electron chi connectivity index (χ1n) is 11.1. The van der Waals surface area contributed by atoms with Crippen LogP contribution in [0.4, 0.5) is 11.6 Å². The van der Waals surface area contributed by atoms with Crippen molar-refractivity contribution in [1.29, 1.82) is 5.26 Å². The molecule has 0 fully saturated rings. The molecule has 4 rings (SSSR count). The number of hydrogen-bond donors (Lipinski definition) is 2. The lowest BCUT2D eigenvalue weighted by atomic mass is 10.1. The molecule has 12 nitrogen and oxygen atoms in total. The molecule has 37 heavy (non-hydrogen) atoms. The molecule has 2 N–H and O–H groups in total. The molecular formula is C25H22N6O6. The maximum absolute atomic E-state index is 13.2. The summed E-state index contributed by atoms with van der Waals surface area (Å²) in [6.07, 6.45) is 0.740. The van der Waals surface area contributed by atoms with E-state index >= 15 is 0 Å². The van der Waals surface area contributed by atoms with Gasteiger partial charge < -0.3 is 19.6 Å². The lowest BCUT2D eigenvalue weighted by Gasteiger charge is -2.16. The number of aromatic carboxylic acids is 1. The van der Waals surface area contributed by atoms with E-state index in [4.69, 9.17) is 19.5 Å². The zero-order chi connectivity index (χ0) is 26.5. The molecule has 188 valence electrons. The highest BCUT2D eigenvalue weighted by atomic mass is 16.6. The Labute approximate surface area is 210 Å². The maximum atomic E-state index is 13.2. The Morgan fingerprint density at radius 3 is 2.54 bits per heavy atom. The van der Waals surface area contributed by atoms with E-state index in [1.807, 2.05) is 37.3 Å². The summed E-state index contributed by atoms with van der Waals surface area (Å²) in [4.78, 5) is 44.6. The van der Waals surface area contributed by atoms with Crippen molar-refractivity contribution in [1.82, 2.24) is 19.1 Å². The minimum Gasteiger partial charge on any atom is -0.476 e. The summed E-state index contributed by atoms with van der Waals surface area (Å²) < 4.78 is 12.8. The van der Waals surface area contributed by atoms with Gasteiger partial charge >= 0.3 is 23.4 Å². The zero-order valence-corrected chi connectivity index (χ0v) is 20.0. The van der Waals surface area contributed by atoms with Crippen molar-refractivity contribution in [3.8, 4) is 17.9 Å². The van der Waals surface area contributed by atoms with Crippen molar-refractivity contribution in [2.45, 2.75) is 33.4 Å². The molecule has 2 aromatic heterocycles. The smallest absolute Gasteiger partial charge is 0.399 e. The third kappa shape index (κ3) is 5.73. The first-order chi connectivity index (χ1) is 17.7. The van der Waals surface area contributed by atoms with Crippen LogP contribution in [0.15, 0.2) is 62.7 Å². The quantitative estimate of drug-likeness (QED) is 0.347. The van der Waals surface area contributed by atoms with Gasteiger partial charge in [0.15, 0.2) is 5.69 Å². The molecule has 12 heteroatoms. The first kappa shape index (κ1) is 24.9. The number of ether oxygens (including phenoxy) is 1. The van der Waals surface area contributed by atoms with Crippen molar-refractivity contribution in [3.05, 3.63) is 92.1 Å². The lowest BCUT2D eigenvalue weighted by molar-refractivity contribution is 0.0690.